The Morgan fingerprint density at radius 1 is 1.27 bits per heavy atom. The number of imide groups is 1. The number of hydrogen-bond acceptors (Lipinski definition) is 5. The molecule has 3 rings (SSSR count). The fraction of sp³-hybridized carbons (Fsp3) is 0.368. The molecule has 1 aromatic carbocycles. The Hall–Kier alpha value is -2.96. The first-order chi connectivity index (χ1) is 12.5. The van der Waals surface area contributed by atoms with Gasteiger partial charge in [-0.3, -0.25) is 19.3 Å². The second kappa shape index (κ2) is 7.11. The van der Waals surface area contributed by atoms with Crippen LogP contribution in [-0.2, 0) is 14.3 Å². The number of esters is 1. The lowest BCUT2D eigenvalue weighted by Crippen LogP contribution is -2.53. The van der Waals surface area contributed by atoms with Crippen molar-refractivity contribution in [3.63, 3.8) is 0 Å². The van der Waals surface area contributed by atoms with E-state index in [1.54, 1.807) is 24.3 Å². The molecule has 26 heavy (non-hydrogen) atoms. The van der Waals surface area contributed by atoms with Crippen LogP contribution in [0.4, 0.5) is 0 Å². The molecule has 3 amide bonds. The number of methoxy groups -OCH3 is 1. The number of carbonyl (C=O) groups is 4. The van der Waals surface area contributed by atoms with Gasteiger partial charge in [-0.25, -0.2) is 4.79 Å². The predicted octanol–water partition coefficient (Wildman–Crippen LogP) is 1.39. The molecule has 0 unspecified atom stereocenters. The molecule has 2 aliphatic rings. The van der Waals surface area contributed by atoms with Crippen molar-refractivity contribution in [3.8, 4) is 0 Å². The minimum atomic E-state index is -1.02. The van der Waals surface area contributed by atoms with Crippen molar-refractivity contribution >= 4 is 23.7 Å². The number of carbonyl (C=O) groups excluding carboxylic acids is 4. The minimum absolute atomic E-state index is 0.120. The van der Waals surface area contributed by atoms with Crippen LogP contribution >= 0.6 is 0 Å². The van der Waals surface area contributed by atoms with E-state index in [0.29, 0.717) is 19.4 Å². The quantitative estimate of drug-likeness (QED) is 0.452. The highest BCUT2D eigenvalue weighted by Crippen LogP contribution is 2.28. The van der Waals surface area contributed by atoms with Gasteiger partial charge in [0.15, 0.2) is 0 Å². The molecule has 0 spiro atoms. The van der Waals surface area contributed by atoms with Crippen LogP contribution in [0, 0.1) is 0 Å². The number of ether oxygens (including phenoxy) is 1. The molecular formula is C19H20N2O5. The summed E-state index contributed by atoms with van der Waals surface area (Å²) < 4.78 is 4.77. The van der Waals surface area contributed by atoms with E-state index in [2.05, 4.69) is 6.58 Å². The maximum Gasteiger partial charge on any atom is 0.328 e. The summed E-state index contributed by atoms with van der Waals surface area (Å²) in [7, 11) is 1.27. The van der Waals surface area contributed by atoms with E-state index in [4.69, 9.17) is 4.74 Å². The zero-order chi connectivity index (χ0) is 18.8. The van der Waals surface area contributed by atoms with Crippen LogP contribution in [0.15, 0.2) is 36.9 Å². The lowest BCUT2D eigenvalue weighted by molar-refractivity contribution is -0.152. The Morgan fingerprint density at radius 2 is 1.88 bits per heavy atom. The normalized spacial score (nSPS) is 20.1. The summed E-state index contributed by atoms with van der Waals surface area (Å²) in [6.07, 6.45) is 2.78. The maximum atomic E-state index is 13.1. The third-order valence-electron chi connectivity index (χ3n) is 4.82. The summed E-state index contributed by atoms with van der Waals surface area (Å²) in [6.45, 7) is 4.02. The number of benzene rings is 1. The standard InChI is InChI=1S/C19H20N2O5/c1-3-7-14(18(24)20-11-6-10-15(20)19(25)26-2)21-16(22)12-8-4-5-9-13(12)17(21)23/h3-5,8-9,14-15H,1,6-7,10-11H2,2H3/t14-,15+/m1/s1. The van der Waals surface area contributed by atoms with Gasteiger partial charge in [0.05, 0.1) is 18.2 Å². The second-order valence-electron chi connectivity index (χ2n) is 6.28. The van der Waals surface area contributed by atoms with Gasteiger partial charge in [0.2, 0.25) is 5.91 Å². The van der Waals surface area contributed by atoms with Gasteiger partial charge in [-0.05, 0) is 31.4 Å². The molecule has 7 nitrogen and oxygen atoms in total. The summed E-state index contributed by atoms with van der Waals surface area (Å²) in [5, 5.41) is 0. The van der Waals surface area contributed by atoms with Crippen LogP contribution < -0.4 is 0 Å². The zero-order valence-electron chi connectivity index (χ0n) is 14.5. The third kappa shape index (κ3) is 2.79. The molecule has 0 radical (unpaired) electrons. The molecule has 1 aromatic rings. The van der Waals surface area contributed by atoms with Gasteiger partial charge in [-0.15, -0.1) is 6.58 Å². The molecule has 1 fully saturated rings. The smallest absolute Gasteiger partial charge is 0.328 e. The van der Waals surface area contributed by atoms with Crippen LogP contribution in [0.3, 0.4) is 0 Å². The number of hydrogen-bond donors (Lipinski definition) is 0. The first-order valence-electron chi connectivity index (χ1n) is 8.47. The first kappa shape index (κ1) is 17.8. The van der Waals surface area contributed by atoms with Gasteiger partial charge in [0, 0.05) is 6.54 Å². The average molecular weight is 356 g/mol. The van der Waals surface area contributed by atoms with E-state index in [1.165, 1.54) is 18.1 Å². The van der Waals surface area contributed by atoms with E-state index in [-0.39, 0.29) is 17.5 Å². The van der Waals surface area contributed by atoms with Crippen LogP contribution in [-0.4, -0.2) is 59.2 Å². The van der Waals surface area contributed by atoms with Gasteiger partial charge < -0.3 is 9.64 Å². The van der Waals surface area contributed by atoms with Gasteiger partial charge >= 0.3 is 5.97 Å². The number of rotatable bonds is 5. The van der Waals surface area contributed by atoms with E-state index in [9.17, 15) is 19.2 Å². The molecule has 0 aromatic heterocycles. The Balaban J connectivity index is 1.92. The van der Waals surface area contributed by atoms with E-state index in [1.807, 2.05) is 0 Å². The monoisotopic (exact) mass is 356 g/mol. The summed E-state index contributed by atoms with van der Waals surface area (Å²) in [6, 6.07) is 4.77. The van der Waals surface area contributed by atoms with Crippen molar-refractivity contribution in [2.24, 2.45) is 0 Å². The van der Waals surface area contributed by atoms with Crippen molar-refractivity contribution < 1.29 is 23.9 Å². The fourth-order valence-corrected chi connectivity index (χ4v) is 3.57. The fourth-order valence-electron chi connectivity index (χ4n) is 3.57. The molecule has 1 saturated heterocycles. The summed E-state index contributed by atoms with van der Waals surface area (Å²) in [5.74, 6) is -1.93. The number of fused-ring (bicyclic) bond motifs is 1. The van der Waals surface area contributed by atoms with Crippen LogP contribution in [0.2, 0.25) is 0 Å². The zero-order valence-corrected chi connectivity index (χ0v) is 14.5. The summed E-state index contributed by atoms with van der Waals surface area (Å²) >= 11 is 0. The summed E-state index contributed by atoms with van der Waals surface area (Å²) in [4.78, 5) is 52.9. The molecule has 2 aliphatic heterocycles. The lowest BCUT2D eigenvalue weighted by atomic mass is 10.1. The lowest BCUT2D eigenvalue weighted by Gasteiger charge is -2.31. The van der Waals surface area contributed by atoms with Gasteiger partial charge in [0.1, 0.15) is 12.1 Å². The SMILES string of the molecule is C=CC[C@H](C(=O)N1CCC[C@H]1C(=O)OC)N1C(=O)c2ccccc2C1=O. The first-order valence-corrected chi connectivity index (χ1v) is 8.47. The molecule has 0 saturated carbocycles. The van der Waals surface area contributed by atoms with Crippen LogP contribution in [0.25, 0.3) is 0 Å². The minimum Gasteiger partial charge on any atom is -0.467 e. The van der Waals surface area contributed by atoms with E-state index >= 15 is 0 Å². The average Bonchev–Trinajstić information content (AvgIpc) is 3.24. The predicted molar refractivity (Wildman–Crippen MR) is 92.3 cm³/mol. The Kier molecular flexibility index (Phi) is 4.88. The molecule has 136 valence electrons. The Bertz CT molecular complexity index is 753. The number of likely N-dealkylation sites (tertiary alicyclic amines) is 1. The Labute approximate surface area is 151 Å². The number of amides is 3. The molecule has 0 aliphatic carbocycles. The number of nitrogens with zero attached hydrogens (tertiary/aromatic N) is 2. The highest BCUT2D eigenvalue weighted by Gasteiger charge is 2.46. The summed E-state index contributed by atoms with van der Waals surface area (Å²) in [5.41, 5.74) is 0.565. The van der Waals surface area contributed by atoms with Crippen molar-refractivity contribution in [1.29, 1.82) is 0 Å². The molecule has 2 atom stereocenters. The third-order valence-corrected chi connectivity index (χ3v) is 4.82. The van der Waals surface area contributed by atoms with Crippen LogP contribution in [0.1, 0.15) is 40.0 Å². The maximum absolute atomic E-state index is 13.1. The molecule has 7 heteroatoms. The molecule has 0 bridgehead atoms. The van der Waals surface area contributed by atoms with Crippen molar-refractivity contribution in [1.82, 2.24) is 9.80 Å². The second-order valence-corrected chi connectivity index (χ2v) is 6.28. The van der Waals surface area contributed by atoms with Crippen molar-refractivity contribution in [2.75, 3.05) is 13.7 Å². The van der Waals surface area contributed by atoms with Crippen LogP contribution in [0.5, 0.6) is 0 Å². The van der Waals surface area contributed by atoms with E-state index in [0.717, 1.165) is 4.90 Å². The molecule has 2 heterocycles. The molecular weight excluding hydrogens is 336 g/mol. The largest absolute Gasteiger partial charge is 0.467 e. The highest BCUT2D eigenvalue weighted by molar-refractivity contribution is 6.22. The Morgan fingerprint density at radius 3 is 2.42 bits per heavy atom. The van der Waals surface area contributed by atoms with Crippen molar-refractivity contribution in [3.05, 3.63) is 48.0 Å². The van der Waals surface area contributed by atoms with Gasteiger partial charge in [-0.1, -0.05) is 18.2 Å². The van der Waals surface area contributed by atoms with E-state index < -0.39 is 35.8 Å². The van der Waals surface area contributed by atoms with Gasteiger partial charge in [-0.2, -0.15) is 0 Å². The molecule has 0 N–H and O–H groups in total. The van der Waals surface area contributed by atoms with Gasteiger partial charge in [0.25, 0.3) is 11.8 Å². The topological polar surface area (TPSA) is 84.0 Å². The highest BCUT2D eigenvalue weighted by atomic mass is 16.5. The van der Waals surface area contributed by atoms with Crippen molar-refractivity contribution in [2.45, 2.75) is 31.3 Å².